The van der Waals surface area contributed by atoms with E-state index in [9.17, 15) is 22.8 Å². The Morgan fingerprint density at radius 1 is 1.09 bits per heavy atom. The molecule has 2 atom stereocenters. The molecule has 1 aromatic carbocycles. The third-order valence-corrected chi connectivity index (χ3v) is 8.18. The average molecular weight is 618 g/mol. The van der Waals surface area contributed by atoms with Crippen LogP contribution in [0.4, 0.5) is 34.9 Å². The molecule has 10 nitrogen and oxygen atoms in total. The first-order valence-corrected chi connectivity index (χ1v) is 14.4. The molecule has 0 aliphatic carbocycles. The van der Waals surface area contributed by atoms with E-state index in [4.69, 9.17) is 4.74 Å². The average Bonchev–Trinajstić information content (AvgIpc) is 2.99. The van der Waals surface area contributed by atoms with Gasteiger partial charge in [0.2, 0.25) is 11.5 Å². The first-order chi connectivity index (χ1) is 20.8. The maximum Gasteiger partial charge on any atom is 0.417 e. The van der Waals surface area contributed by atoms with Crippen LogP contribution in [0.1, 0.15) is 36.7 Å². The smallest absolute Gasteiger partial charge is 0.374 e. The number of H-pyrrole nitrogens is 1. The van der Waals surface area contributed by atoms with E-state index in [1.807, 2.05) is 23.8 Å². The van der Waals surface area contributed by atoms with Crippen LogP contribution in [0.3, 0.4) is 0 Å². The fourth-order valence-electron chi connectivity index (χ4n) is 5.38. The monoisotopic (exact) mass is 617 g/mol. The van der Waals surface area contributed by atoms with E-state index in [-0.39, 0.29) is 23.4 Å². The standard InChI is InChI=1S/C30H35F4N7O3/c1-17(2)26-16-41(7-8-44-26)29-36-12-19(13-37-29)20-9-24(25(11-23(20)31)40-6-5-39(4)18(3)15-40)38-28(43)21-14-35-27(42)10-22(21)30(32,33)34/h9-14,17-18,26H,5-8,15-16H2,1-4H3,(H,35,42)(H,38,43)/t18-,26+/m1/s1. The minimum atomic E-state index is -4.95. The highest BCUT2D eigenvalue weighted by Gasteiger charge is 2.36. The number of aromatic nitrogens is 3. The molecular formula is C30H35F4N7O3. The van der Waals surface area contributed by atoms with Crippen molar-refractivity contribution in [2.24, 2.45) is 5.92 Å². The molecule has 0 radical (unpaired) electrons. The summed E-state index contributed by atoms with van der Waals surface area (Å²) in [5.41, 5.74) is -2.31. The Hall–Kier alpha value is -4.04. The number of likely N-dealkylation sites (N-methyl/N-ethyl adjacent to an activating group) is 1. The first-order valence-electron chi connectivity index (χ1n) is 14.4. The minimum Gasteiger partial charge on any atom is -0.374 e. The number of aromatic amines is 1. The highest BCUT2D eigenvalue weighted by molar-refractivity contribution is 6.07. The van der Waals surface area contributed by atoms with Crippen LogP contribution in [0.2, 0.25) is 0 Å². The van der Waals surface area contributed by atoms with Crippen molar-refractivity contribution in [3.8, 4) is 11.1 Å². The lowest BCUT2D eigenvalue weighted by atomic mass is 10.0. The SMILES string of the molecule is CC(C)[C@@H]1CN(c2ncc(-c3cc(NC(=O)c4c[nH]c(=O)cc4C(F)(F)F)c(N4CCN(C)[C@H](C)C4)cc3F)cn2)CCO1. The van der Waals surface area contributed by atoms with Gasteiger partial charge in [0.15, 0.2) is 0 Å². The van der Waals surface area contributed by atoms with Gasteiger partial charge in [0, 0.05) is 74.5 Å². The summed E-state index contributed by atoms with van der Waals surface area (Å²) in [6, 6.07) is 3.09. The molecule has 236 valence electrons. The van der Waals surface area contributed by atoms with E-state index in [0.717, 1.165) is 6.20 Å². The van der Waals surface area contributed by atoms with Gasteiger partial charge in [-0.2, -0.15) is 13.2 Å². The zero-order valence-electron chi connectivity index (χ0n) is 24.9. The second kappa shape index (κ2) is 12.5. The van der Waals surface area contributed by atoms with Gasteiger partial charge in [-0.3, -0.25) is 9.59 Å². The number of carbonyl (C=O) groups is 1. The fourth-order valence-corrected chi connectivity index (χ4v) is 5.38. The molecule has 0 bridgehead atoms. The van der Waals surface area contributed by atoms with Gasteiger partial charge in [-0.05, 0) is 32.0 Å². The van der Waals surface area contributed by atoms with Crippen molar-refractivity contribution in [1.29, 1.82) is 0 Å². The summed E-state index contributed by atoms with van der Waals surface area (Å²) in [5, 5.41) is 2.55. The largest absolute Gasteiger partial charge is 0.417 e. The minimum absolute atomic E-state index is 0.0285. The molecule has 44 heavy (non-hydrogen) atoms. The summed E-state index contributed by atoms with van der Waals surface area (Å²) in [6.07, 6.45) is -1.23. The van der Waals surface area contributed by atoms with E-state index in [1.54, 1.807) is 0 Å². The summed E-state index contributed by atoms with van der Waals surface area (Å²) >= 11 is 0. The molecule has 2 fully saturated rings. The number of anilines is 3. The summed E-state index contributed by atoms with van der Waals surface area (Å²) in [4.78, 5) is 42.0. The molecule has 1 amide bonds. The van der Waals surface area contributed by atoms with E-state index in [2.05, 4.69) is 39.0 Å². The number of ether oxygens (including phenoxy) is 1. The Bertz CT molecular complexity index is 1560. The zero-order chi connectivity index (χ0) is 31.8. The van der Waals surface area contributed by atoms with Crippen molar-refractivity contribution in [2.45, 2.75) is 39.1 Å². The normalized spacial score (nSPS) is 19.8. The number of rotatable bonds is 6. The van der Waals surface area contributed by atoms with Crippen LogP contribution in [0.15, 0.2) is 41.6 Å². The molecule has 0 saturated carbocycles. The lowest BCUT2D eigenvalue weighted by molar-refractivity contribution is -0.138. The zero-order valence-corrected chi connectivity index (χ0v) is 24.9. The molecule has 14 heteroatoms. The number of piperazine rings is 1. The highest BCUT2D eigenvalue weighted by atomic mass is 19.4. The maximum atomic E-state index is 15.7. The lowest BCUT2D eigenvalue weighted by Gasteiger charge is -2.39. The molecule has 2 aliphatic rings. The van der Waals surface area contributed by atoms with E-state index in [1.165, 1.54) is 24.5 Å². The number of hydrogen-bond donors (Lipinski definition) is 2. The van der Waals surface area contributed by atoms with Gasteiger partial charge in [0.05, 0.1) is 35.2 Å². The molecule has 0 spiro atoms. The third-order valence-electron chi connectivity index (χ3n) is 8.18. The Kier molecular flexibility index (Phi) is 8.93. The van der Waals surface area contributed by atoms with Crippen molar-refractivity contribution in [2.75, 3.05) is 61.5 Å². The number of nitrogens with zero attached hydrogens (tertiary/aromatic N) is 5. The van der Waals surface area contributed by atoms with E-state index in [0.29, 0.717) is 68.5 Å². The molecule has 2 saturated heterocycles. The molecule has 0 unspecified atom stereocenters. The number of benzene rings is 1. The number of halogens is 4. The molecule has 2 N–H and O–H groups in total. The van der Waals surface area contributed by atoms with Gasteiger partial charge in [0.25, 0.3) is 5.91 Å². The van der Waals surface area contributed by atoms with Crippen LogP contribution in [-0.2, 0) is 10.9 Å². The summed E-state index contributed by atoms with van der Waals surface area (Å²) < 4.78 is 62.7. The van der Waals surface area contributed by atoms with Gasteiger partial charge in [-0.1, -0.05) is 13.8 Å². The van der Waals surface area contributed by atoms with E-state index < -0.39 is 34.6 Å². The van der Waals surface area contributed by atoms with Crippen molar-refractivity contribution < 1.29 is 27.1 Å². The Balaban J connectivity index is 1.50. The van der Waals surface area contributed by atoms with Gasteiger partial charge >= 0.3 is 6.18 Å². The third kappa shape index (κ3) is 6.70. The number of carbonyl (C=O) groups excluding carboxylic acids is 1. The molecule has 3 aromatic rings. The second-order valence-electron chi connectivity index (χ2n) is 11.6. The van der Waals surface area contributed by atoms with Crippen molar-refractivity contribution >= 4 is 23.2 Å². The summed E-state index contributed by atoms with van der Waals surface area (Å²) in [7, 11) is 1.97. The van der Waals surface area contributed by atoms with Crippen LogP contribution in [0, 0.1) is 11.7 Å². The molecule has 2 aromatic heterocycles. The molecule has 5 rings (SSSR count). The topological polar surface area (TPSA) is 107 Å². The number of pyridine rings is 1. The maximum absolute atomic E-state index is 15.7. The number of morpholine rings is 1. The Morgan fingerprint density at radius 3 is 2.48 bits per heavy atom. The van der Waals surface area contributed by atoms with Gasteiger partial charge in [-0.25, -0.2) is 14.4 Å². The van der Waals surface area contributed by atoms with Crippen LogP contribution in [-0.4, -0.2) is 84.3 Å². The van der Waals surface area contributed by atoms with Crippen LogP contribution in [0.25, 0.3) is 11.1 Å². The summed E-state index contributed by atoms with van der Waals surface area (Å²) in [5.74, 6) is -0.928. The number of amides is 1. The number of nitrogens with one attached hydrogen (secondary N) is 2. The lowest BCUT2D eigenvalue weighted by Crippen LogP contribution is -2.50. The quantitative estimate of drug-likeness (QED) is 0.396. The molecule has 4 heterocycles. The highest BCUT2D eigenvalue weighted by Crippen LogP contribution is 2.37. The Labute approximate surface area is 252 Å². The van der Waals surface area contributed by atoms with Crippen molar-refractivity contribution in [1.82, 2.24) is 19.9 Å². The van der Waals surface area contributed by atoms with Gasteiger partial charge < -0.3 is 29.7 Å². The fraction of sp³-hybridized carbons (Fsp3) is 0.467. The van der Waals surface area contributed by atoms with Crippen LogP contribution >= 0.6 is 0 Å². The van der Waals surface area contributed by atoms with Crippen molar-refractivity contribution in [3.63, 3.8) is 0 Å². The molecular weight excluding hydrogens is 582 g/mol. The number of hydrogen-bond acceptors (Lipinski definition) is 8. The van der Waals surface area contributed by atoms with E-state index >= 15 is 4.39 Å². The van der Waals surface area contributed by atoms with Gasteiger partial charge in [0.1, 0.15) is 5.82 Å². The second-order valence-corrected chi connectivity index (χ2v) is 11.6. The molecule has 2 aliphatic heterocycles. The predicted molar refractivity (Wildman–Crippen MR) is 159 cm³/mol. The van der Waals surface area contributed by atoms with Crippen LogP contribution < -0.4 is 20.7 Å². The predicted octanol–water partition coefficient (Wildman–Crippen LogP) is 4.24. The number of alkyl halides is 3. The first kappa shape index (κ1) is 31.4. The van der Waals surface area contributed by atoms with Crippen molar-refractivity contribution in [3.05, 3.63) is 64.1 Å². The summed E-state index contributed by atoms with van der Waals surface area (Å²) in [6.45, 7) is 9.56. The van der Waals surface area contributed by atoms with Crippen LogP contribution in [0.5, 0.6) is 0 Å². The van der Waals surface area contributed by atoms with Gasteiger partial charge in [-0.15, -0.1) is 0 Å². The Morgan fingerprint density at radius 2 is 1.82 bits per heavy atom.